The molecule has 0 aliphatic heterocycles. The van der Waals surface area contributed by atoms with Crippen LogP contribution in [-0.2, 0) is 10.0 Å². The molecule has 0 amide bonds. The molecule has 1 aliphatic carbocycles. The molecule has 13 heavy (non-hydrogen) atoms. The van der Waals surface area contributed by atoms with E-state index in [1.54, 1.807) is 0 Å². The Hall–Kier alpha value is -0.130. The normalized spacial score (nSPS) is 27.5. The van der Waals surface area contributed by atoms with Gasteiger partial charge in [0.25, 0.3) is 0 Å². The summed E-state index contributed by atoms with van der Waals surface area (Å²) in [5, 5.41) is 0. The molecule has 3 N–H and O–H groups in total. The van der Waals surface area contributed by atoms with Crippen LogP contribution in [0.15, 0.2) is 0 Å². The zero-order chi connectivity index (χ0) is 9.90. The van der Waals surface area contributed by atoms with Crippen molar-refractivity contribution in [1.29, 1.82) is 0 Å². The summed E-state index contributed by atoms with van der Waals surface area (Å²) in [7, 11) is -3.05. The molecule has 5 heteroatoms. The summed E-state index contributed by atoms with van der Waals surface area (Å²) >= 11 is 0. The summed E-state index contributed by atoms with van der Waals surface area (Å²) in [5.74, 6) is 0.726. The Kier molecular flexibility index (Phi) is 3.70. The van der Waals surface area contributed by atoms with Crippen LogP contribution in [0.4, 0.5) is 0 Å². The fraction of sp³-hybridized carbons (Fsp3) is 1.00. The Bertz CT molecular complexity index is 251. The lowest BCUT2D eigenvalue weighted by molar-refractivity contribution is 0.573. The highest BCUT2D eigenvalue weighted by Crippen LogP contribution is 2.33. The van der Waals surface area contributed by atoms with Gasteiger partial charge in [-0.2, -0.15) is 0 Å². The predicted molar refractivity (Wildman–Crippen MR) is 52.8 cm³/mol. The molecule has 0 saturated heterocycles. The van der Waals surface area contributed by atoms with Crippen LogP contribution in [0.1, 0.15) is 26.2 Å². The van der Waals surface area contributed by atoms with Crippen molar-refractivity contribution in [2.24, 2.45) is 11.7 Å². The van der Waals surface area contributed by atoms with Crippen LogP contribution in [0.25, 0.3) is 0 Å². The van der Waals surface area contributed by atoms with Gasteiger partial charge in [-0.05, 0) is 25.3 Å². The van der Waals surface area contributed by atoms with Crippen LogP contribution in [-0.4, -0.2) is 26.8 Å². The molecule has 0 spiro atoms. The largest absolute Gasteiger partial charge is 0.330 e. The van der Waals surface area contributed by atoms with E-state index in [1.165, 1.54) is 0 Å². The lowest BCUT2D eigenvalue weighted by Crippen LogP contribution is -2.30. The van der Waals surface area contributed by atoms with E-state index in [0.29, 0.717) is 18.9 Å². The van der Waals surface area contributed by atoms with E-state index >= 15 is 0 Å². The summed E-state index contributed by atoms with van der Waals surface area (Å²) in [4.78, 5) is 0. The maximum atomic E-state index is 11.3. The number of hydrogen-bond donors (Lipinski definition) is 2. The first-order valence-electron chi connectivity index (χ1n) is 4.79. The van der Waals surface area contributed by atoms with Crippen molar-refractivity contribution < 1.29 is 8.42 Å². The minimum Gasteiger partial charge on any atom is -0.330 e. The number of nitrogens with two attached hydrogens (primary N) is 1. The Labute approximate surface area is 79.9 Å². The quantitative estimate of drug-likeness (QED) is 0.645. The molecule has 0 aromatic heterocycles. The maximum absolute atomic E-state index is 11.3. The predicted octanol–water partition coefficient (Wildman–Crippen LogP) is 0.0531. The molecule has 0 bridgehead atoms. The van der Waals surface area contributed by atoms with Crippen LogP contribution < -0.4 is 10.5 Å². The second kappa shape index (κ2) is 4.39. The number of rotatable bonds is 6. The highest BCUT2D eigenvalue weighted by atomic mass is 32.2. The van der Waals surface area contributed by atoms with Gasteiger partial charge in [0, 0.05) is 6.04 Å². The fourth-order valence-electron chi connectivity index (χ4n) is 1.41. The van der Waals surface area contributed by atoms with E-state index in [9.17, 15) is 8.42 Å². The highest BCUT2D eigenvalue weighted by molar-refractivity contribution is 7.89. The second-order valence-electron chi connectivity index (χ2n) is 3.59. The zero-order valence-corrected chi connectivity index (χ0v) is 8.81. The molecule has 0 heterocycles. The van der Waals surface area contributed by atoms with Crippen molar-refractivity contribution in [2.45, 2.75) is 32.2 Å². The first-order chi connectivity index (χ1) is 6.09. The SMILES string of the molecule is CCC1CC1NS(=O)(=O)CCCN. The molecule has 1 saturated carbocycles. The molecule has 1 fully saturated rings. The van der Waals surface area contributed by atoms with Gasteiger partial charge >= 0.3 is 0 Å². The Morgan fingerprint density at radius 3 is 2.69 bits per heavy atom. The molecule has 1 rings (SSSR count). The van der Waals surface area contributed by atoms with Gasteiger partial charge in [-0.3, -0.25) is 0 Å². The molecular weight excluding hydrogens is 188 g/mol. The third-order valence-corrected chi connectivity index (χ3v) is 3.88. The van der Waals surface area contributed by atoms with Gasteiger partial charge in [0.05, 0.1) is 5.75 Å². The van der Waals surface area contributed by atoms with E-state index in [1.807, 2.05) is 0 Å². The van der Waals surface area contributed by atoms with E-state index in [-0.39, 0.29) is 11.8 Å². The van der Waals surface area contributed by atoms with Gasteiger partial charge in [0.15, 0.2) is 0 Å². The van der Waals surface area contributed by atoms with Crippen LogP contribution in [0.3, 0.4) is 0 Å². The summed E-state index contributed by atoms with van der Waals surface area (Å²) in [6.07, 6.45) is 2.60. The maximum Gasteiger partial charge on any atom is 0.211 e. The van der Waals surface area contributed by atoms with Crippen LogP contribution in [0, 0.1) is 5.92 Å². The third kappa shape index (κ3) is 3.62. The summed E-state index contributed by atoms with van der Waals surface area (Å²) in [6.45, 7) is 2.52. The van der Waals surface area contributed by atoms with Crippen LogP contribution in [0.5, 0.6) is 0 Å². The molecule has 2 atom stereocenters. The van der Waals surface area contributed by atoms with Crippen LogP contribution in [0.2, 0.25) is 0 Å². The minimum atomic E-state index is -3.05. The average Bonchev–Trinajstić information content (AvgIpc) is 2.79. The van der Waals surface area contributed by atoms with E-state index in [4.69, 9.17) is 5.73 Å². The average molecular weight is 206 g/mol. The van der Waals surface area contributed by atoms with Gasteiger partial charge in [-0.1, -0.05) is 13.3 Å². The lowest BCUT2D eigenvalue weighted by atomic mass is 10.3. The first-order valence-corrected chi connectivity index (χ1v) is 6.44. The number of hydrogen-bond acceptors (Lipinski definition) is 3. The number of nitrogens with one attached hydrogen (secondary N) is 1. The number of sulfonamides is 1. The van der Waals surface area contributed by atoms with Gasteiger partial charge in [-0.25, -0.2) is 13.1 Å². The molecular formula is C8H18N2O2S. The molecule has 0 aromatic carbocycles. The smallest absolute Gasteiger partial charge is 0.211 e. The van der Waals surface area contributed by atoms with E-state index in [2.05, 4.69) is 11.6 Å². The molecule has 1 aliphatic rings. The van der Waals surface area contributed by atoms with Crippen molar-refractivity contribution in [3.63, 3.8) is 0 Å². The lowest BCUT2D eigenvalue weighted by Gasteiger charge is -2.04. The van der Waals surface area contributed by atoms with Crippen molar-refractivity contribution >= 4 is 10.0 Å². The van der Waals surface area contributed by atoms with Crippen molar-refractivity contribution in [1.82, 2.24) is 4.72 Å². The monoisotopic (exact) mass is 206 g/mol. The minimum absolute atomic E-state index is 0.163. The van der Waals surface area contributed by atoms with Crippen molar-refractivity contribution in [3.05, 3.63) is 0 Å². The van der Waals surface area contributed by atoms with E-state index < -0.39 is 10.0 Å². The Morgan fingerprint density at radius 1 is 1.54 bits per heavy atom. The molecule has 78 valence electrons. The van der Waals surface area contributed by atoms with Crippen molar-refractivity contribution in [2.75, 3.05) is 12.3 Å². The summed E-state index contributed by atoms with van der Waals surface area (Å²) in [6, 6.07) is 0.202. The standard InChI is InChI=1S/C8H18N2O2S/c1-2-7-6-8(7)10-13(11,12)5-3-4-9/h7-8,10H,2-6,9H2,1H3. The Balaban J connectivity index is 2.27. The second-order valence-corrected chi connectivity index (χ2v) is 5.46. The van der Waals surface area contributed by atoms with Crippen LogP contribution >= 0.6 is 0 Å². The molecule has 0 radical (unpaired) electrons. The van der Waals surface area contributed by atoms with Gasteiger partial charge in [0.1, 0.15) is 0 Å². The fourth-order valence-corrected chi connectivity index (χ4v) is 2.82. The topological polar surface area (TPSA) is 72.2 Å². The molecule has 0 aromatic rings. The summed E-state index contributed by atoms with van der Waals surface area (Å²) < 4.78 is 25.4. The zero-order valence-electron chi connectivity index (χ0n) is 7.99. The Morgan fingerprint density at radius 2 is 2.23 bits per heavy atom. The van der Waals surface area contributed by atoms with Crippen molar-refractivity contribution in [3.8, 4) is 0 Å². The first kappa shape index (κ1) is 10.9. The van der Waals surface area contributed by atoms with Gasteiger partial charge < -0.3 is 5.73 Å². The molecule has 4 nitrogen and oxygen atoms in total. The molecule has 2 unspecified atom stereocenters. The van der Waals surface area contributed by atoms with E-state index in [0.717, 1.165) is 12.8 Å². The summed E-state index contributed by atoms with van der Waals surface area (Å²) in [5.41, 5.74) is 5.24. The van der Waals surface area contributed by atoms with Gasteiger partial charge in [-0.15, -0.1) is 0 Å². The third-order valence-electron chi connectivity index (χ3n) is 2.40. The highest BCUT2D eigenvalue weighted by Gasteiger charge is 2.37. The van der Waals surface area contributed by atoms with Gasteiger partial charge in [0.2, 0.25) is 10.0 Å².